The standard InChI is InChI=1S/C13H17FN2OS/c1-8-7-16(5-4-12(8)17)11-3-2-9(13(15)18)6-10(11)14/h2-3,6,8,12,17H,4-5,7H2,1H3,(H2,15,18). The number of aliphatic hydroxyl groups excluding tert-OH is 1. The fraction of sp³-hybridized carbons (Fsp3) is 0.462. The number of rotatable bonds is 2. The molecule has 0 saturated carbocycles. The van der Waals surface area contributed by atoms with Gasteiger partial charge in [-0.1, -0.05) is 19.1 Å². The summed E-state index contributed by atoms with van der Waals surface area (Å²) in [6.45, 7) is 3.29. The van der Waals surface area contributed by atoms with Crippen molar-refractivity contribution in [3.8, 4) is 0 Å². The van der Waals surface area contributed by atoms with Crippen LogP contribution in [0.5, 0.6) is 0 Å². The molecule has 0 radical (unpaired) electrons. The van der Waals surface area contributed by atoms with E-state index in [2.05, 4.69) is 0 Å². The van der Waals surface area contributed by atoms with Crippen molar-refractivity contribution in [2.24, 2.45) is 11.7 Å². The minimum absolute atomic E-state index is 0.147. The third-order valence-electron chi connectivity index (χ3n) is 3.43. The topological polar surface area (TPSA) is 49.5 Å². The molecular weight excluding hydrogens is 251 g/mol. The maximum absolute atomic E-state index is 14.0. The molecule has 1 saturated heterocycles. The van der Waals surface area contributed by atoms with Crippen LogP contribution in [0.2, 0.25) is 0 Å². The Balaban J connectivity index is 2.21. The molecule has 2 atom stereocenters. The predicted molar refractivity (Wildman–Crippen MR) is 74.3 cm³/mol. The van der Waals surface area contributed by atoms with Gasteiger partial charge < -0.3 is 15.7 Å². The number of anilines is 1. The van der Waals surface area contributed by atoms with Crippen molar-refractivity contribution in [1.29, 1.82) is 0 Å². The molecule has 1 aliphatic heterocycles. The number of hydrogen-bond donors (Lipinski definition) is 2. The lowest BCUT2D eigenvalue weighted by atomic mass is 9.96. The van der Waals surface area contributed by atoms with Crippen LogP contribution >= 0.6 is 12.2 Å². The SMILES string of the molecule is CC1CN(c2ccc(C(N)=S)cc2F)CCC1O. The van der Waals surface area contributed by atoms with E-state index in [9.17, 15) is 9.50 Å². The molecule has 1 aromatic rings. The van der Waals surface area contributed by atoms with Crippen LogP contribution in [0.1, 0.15) is 18.9 Å². The average Bonchev–Trinajstić information content (AvgIpc) is 2.32. The monoisotopic (exact) mass is 268 g/mol. The summed E-state index contributed by atoms with van der Waals surface area (Å²) in [6, 6.07) is 4.80. The maximum Gasteiger partial charge on any atom is 0.147 e. The molecule has 3 N–H and O–H groups in total. The first kappa shape index (κ1) is 13.2. The fourth-order valence-corrected chi connectivity index (χ4v) is 2.40. The highest BCUT2D eigenvalue weighted by Gasteiger charge is 2.25. The zero-order valence-corrected chi connectivity index (χ0v) is 11.1. The zero-order valence-electron chi connectivity index (χ0n) is 10.3. The molecule has 0 aromatic heterocycles. The minimum Gasteiger partial charge on any atom is -0.393 e. The molecular formula is C13H17FN2OS. The average molecular weight is 268 g/mol. The van der Waals surface area contributed by atoms with Crippen LogP contribution < -0.4 is 10.6 Å². The summed E-state index contributed by atoms with van der Waals surface area (Å²) in [7, 11) is 0. The van der Waals surface area contributed by atoms with E-state index in [1.807, 2.05) is 11.8 Å². The van der Waals surface area contributed by atoms with Crippen molar-refractivity contribution >= 4 is 22.9 Å². The molecule has 98 valence electrons. The van der Waals surface area contributed by atoms with Gasteiger partial charge in [-0.2, -0.15) is 0 Å². The van der Waals surface area contributed by atoms with Gasteiger partial charge in [-0.15, -0.1) is 0 Å². The van der Waals surface area contributed by atoms with Gasteiger partial charge in [0.05, 0.1) is 11.8 Å². The number of piperidine rings is 1. The number of aliphatic hydroxyl groups is 1. The fourth-order valence-electron chi connectivity index (χ4n) is 2.27. The van der Waals surface area contributed by atoms with Crippen molar-refractivity contribution in [2.45, 2.75) is 19.4 Å². The van der Waals surface area contributed by atoms with Gasteiger partial charge in [0.2, 0.25) is 0 Å². The molecule has 1 aromatic carbocycles. The smallest absolute Gasteiger partial charge is 0.147 e. The maximum atomic E-state index is 14.0. The lowest BCUT2D eigenvalue weighted by molar-refractivity contribution is 0.0969. The highest BCUT2D eigenvalue weighted by molar-refractivity contribution is 7.80. The number of nitrogens with zero attached hydrogens (tertiary/aromatic N) is 1. The molecule has 2 unspecified atom stereocenters. The molecule has 1 aliphatic rings. The van der Waals surface area contributed by atoms with Crippen molar-refractivity contribution in [2.75, 3.05) is 18.0 Å². The molecule has 0 amide bonds. The second-order valence-electron chi connectivity index (χ2n) is 4.81. The highest BCUT2D eigenvalue weighted by atomic mass is 32.1. The Morgan fingerprint density at radius 1 is 1.56 bits per heavy atom. The highest BCUT2D eigenvalue weighted by Crippen LogP contribution is 2.26. The van der Waals surface area contributed by atoms with Gasteiger partial charge in [-0.3, -0.25) is 0 Å². The molecule has 5 heteroatoms. The van der Waals surface area contributed by atoms with Crippen LogP contribution in [0.4, 0.5) is 10.1 Å². The second-order valence-corrected chi connectivity index (χ2v) is 5.25. The largest absolute Gasteiger partial charge is 0.393 e. The van der Waals surface area contributed by atoms with E-state index in [4.69, 9.17) is 18.0 Å². The third-order valence-corrected chi connectivity index (χ3v) is 3.67. The number of halogens is 1. The van der Waals surface area contributed by atoms with E-state index in [0.29, 0.717) is 30.8 Å². The van der Waals surface area contributed by atoms with Gasteiger partial charge >= 0.3 is 0 Å². The summed E-state index contributed by atoms with van der Waals surface area (Å²) in [4.78, 5) is 2.15. The Morgan fingerprint density at radius 3 is 2.83 bits per heavy atom. The van der Waals surface area contributed by atoms with E-state index in [1.165, 1.54) is 6.07 Å². The first-order valence-electron chi connectivity index (χ1n) is 6.01. The first-order chi connectivity index (χ1) is 8.49. The van der Waals surface area contributed by atoms with E-state index in [1.54, 1.807) is 12.1 Å². The van der Waals surface area contributed by atoms with Gasteiger partial charge in [-0.05, 0) is 30.5 Å². The molecule has 0 spiro atoms. The van der Waals surface area contributed by atoms with Crippen LogP contribution in [0, 0.1) is 11.7 Å². The van der Waals surface area contributed by atoms with Crippen LogP contribution in [0.25, 0.3) is 0 Å². The summed E-state index contributed by atoms with van der Waals surface area (Å²) < 4.78 is 14.0. The number of thiocarbonyl (C=S) groups is 1. The Morgan fingerprint density at radius 2 is 2.28 bits per heavy atom. The van der Waals surface area contributed by atoms with Gasteiger partial charge in [0, 0.05) is 18.7 Å². The van der Waals surface area contributed by atoms with E-state index in [0.717, 1.165) is 0 Å². The number of benzene rings is 1. The molecule has 1 fully saturated rings. The molecule has 18 heavy (non-hydrogen) atoms. The zero-order chi connectivity index (χ0) is 13.3. The number of hydrogen-bond acceptors (Lipinski definition) is 3. The van der Waals surface area contributed by atoms with Crippen molar-refractivity contribution < 1.29 is 9.50 Å². The molecule has 2 rings (SSSR count). The van der Waals surface area contributed by atoms with Gasteiger partial charge in [0.15, 0.2) is 0 Å². The first-order valence-corrected chi connectivity index (χ1v) is 6.42. The van der Waals surface area contributed by atoms with Crippen LogP contribution in [-0.2, 0) is 0 Å². The van der Waals surface area contributed by atoms with Crippen LogP contribution in [-0.4, -0.2) is 29.3 Å². The molecule has 0 bridgehead atoms. The van der Waals surface area contributed by atoms with Crippen molar-refractivity contribution in [3.63, 3.8) is 0 Å². The lowest BCUT2D eigenvalue weighted by Gasteiger charge is -2.36. The molecule has 1 heterocycles. The minimum atomic E-state index is -0.316. The van der Waals surface area contributed by atoms with Crippen LogP contribution in [0.15, 0.2) is 18.2 Å². The van der Waals surface area contributed by atoms with Crippen LogP contribution in [0.3, 0.4) is 0 Å². The van der Waals surface area contributed by atoms with Gasteiger partial charge in [0.25, 0.3) is 0 Å². The quantitative estimate of drug-likeness (QED) is 0.801. The Hall–Kier alpha value is -1.20. The normalized spacial score (nSPS) is 24.1. The van der Waals surface area contributed by atoms with Gasteiger partial charge in [-0.25, -0.2) is 4.39 Å². The summed E-state index contributed by atoms with van der Waals surface area (Å²) in [5.41, 5.74) is 6.56. The summed E-state index contributed by atoms with van der Waals surface area (Å²) in [5.74, 6) is -0.169. The summed E-state index contributed by atoms with van der Waals surface area (Å²) in [6.07, 6.45) is 0.373. The Bertz CT molecular complexity index is 466. The van der Waals surface area contributed by atoms with E-state index >= 15 is 0 Å². The van der Waals surface area contributed by atoms with Crippen molar-refractivity contribution in [1.82, 2.24) is 0 Å². The predicted octanol–water partition coefficient (Wildman–Crippen LogP) is 1.67. The van der Waals surface area contributed by atoms with Gasteiger partial charge in [0.1, 0.15) is 10.8 Å². The summed E-state index contributed by atoms with van der Waals surface area (Å²) >= 11 is 4.82. The summed E-state index contributed by atoms with van der Waals surface area (Å²) in [5, 5.41) is 9.67. The van der Waals surface area contributed by atoms with E-state index < -0.39 is 0 Å². The molecule has 3 nitrogen and oxygen atoms in total. The van der Waals surface area contributed by atoms with E-state index in [-0.39, 0.29) is 22.8 Å². The number of nitrogens with two attached hydrogens (primary N) is 1. The Kier molecular flexibility index (Phi) is 3.82. The molecule has 0 aliphatic carbocycles. The second kappa shape index (κ2) is 5.20. The third kappa shape index (κ3) is 2.62. The lowest BCUT2D eigenvalue weighted by Crippen LogP contribution is -2.42. The van der Waals surface area contributed by atoms with Crippen molar-refractivity contribution in [3.05, 3.63) is 29.6 Å². The Labute approximate surface area is 111 Å².